The van der Waals surface area contributed by atoms with Crippen LogP contribution < -0.4 is 14.8 Å². The zero-order chi connectivity index (χ0) is 32.5. The number of alkyl halides is 5. The van der Waals surface area contributed by atoms with E-state index in [4.69, 9.17) is 33.1 Å². The molecule has 43 heavy (non-hydrogen) atoms. The van der Waals surface area contributed by atoms with Gasteiger partial charge in [0.25, 0.3) is 0 Å². The number of aliphatic carboxylic acids is 1. The maximum absolute atomic E-state index is 12.5. The summed E-state index contributed by atoms with van der Waals surface area (Å²) in [5.41, 5.74) is 1.83. The molecule has 0 aromatic heterocycles. The number of sulfonamides is 1. The molecule has 0 heterocycles. The number of nitrogens with one attached hydrogen (secondary N) is 2. The van der Waals surface area contributed by atoms with Crippen LogP contribution >= 0.6 is 23.2 Å². The van der Waals surface area contributed by atoms with Crippen LogP contribution in [-0.2, 0) is 21.2 Å². The number of carboxylic acids is 1. The zero-order valence-corrected chi connectivity index (χ0v) is 24.3. The van der Waals surface area contributed by atoms with Crippen LogP contribution in [0.25, 0.3) is 0 Å². The minimum absolute atomic E-state index is 0.00772. The minimum atomic E-state index is -5.08. The molecule has 1 unspecified atom stereocenters. The summed E-state index contributed by atoms with van der Waals surface area (Å²) in [5, 5.41) is 32.0. The molecular formula is C26H25Cl2F5N2O7S. The van der Waals surface area contributed by atoms with Gasteiger partial charge in [0.15, 0.2) is 0 Å². The smallest absolute Gasteiger partial charge is 0.490 e. The molecule has 17 heteroatoms. The van der Waals surface area contributed by atoms with Crippen LogP contribution in [0.1, 0.15) is 28.8 Å². The quantitative estimate of drug-likeness (QED) is 0.125. The predicted octanol–water partition coefficient (Wildman–Crippen LogP) is 5.91. The average Bonchev–Trinajstić information content (AvgIpc) is 2.86. The molecule has 3 rings (SSSR count). The van der Waals surface area contributed by atoms with Gasteiger partial charge in [-0.25, -0.2) is 13.2 Å². The van der Waals surface area contributed by atoms with Crippen molar-refractivity contribution in [1.82, 2.24) is 5.32 Å². The highest BCUT2D eigenvalue weighted by atomic mass is 35.5. The lowest BCUT2D eigenvalue weighted by Crippen LogP contribution is -2.28. The number of carboxylic acid groups (broad SMARTS) is 1. The summed E-state index contributed by atoms with van der Waals surface area (Å²) in [6, 6.07) is 14.9. The van der Waals surface area contributed by atoms with Crippen LogP contribution in [0, 0.1) is 0 Å². The number of aliphatic hydroxyl groups excluding tert-OH is 1. The maximum Gasteiger partial charge on any atom is 0.490 e. The summed E-state index contributed by atoms with van der Waals surface area (Å²) in [5.74, 6) is -3.04. The Morgan fingerprint density at radius 2 is 1.51 bits per heavy atom. The second-order valence-electron chi connectivity index (χ2n) is 8.86. The third-order valence-electron chi connectivity index (χ3n) is 5.37. The van der Waals surface area contributed by atoms with Gasteiger partial charge in [0.2, 0.25) is 10.0 Å². The summed E-state index contributed by atoms with van der Waals surface area (Å²) in [4.78, 5) is 8.90. The Morgan fingerprint density at radius 3 is 2.00 bits per heavy atom. The largest absolute Gasteiger partial charge is 0.506 e. The van der Waals surface area contributed by atoms with Crippen LogP contribution in [0.5, 0.6) is 11.5 Å². The molecule has 0 saturated carbocycles. The lowest BCUT2D eigenvalue weighted by atomic mass is 9.98. The van der Waals surface area contributed by atoms with Gasteiger partial charge in [-0.05, 0) is 65.6 Å². The highest BCUT2D eigenvalue weighted by molar-refractivity contribution is 7.92. The molecule has 0 fully saturated rings. The second kappa shape index (κ2) is 15.4. The first-order chi connectivity index (χ1) is 19.8. The number of phenols is 1. The number of halogens is 7. The summed E-state index contributed by atoms with van der Waals surface area (Å²) >= 11 is 12.3. The van der Waals surface area contributed by atoms with Gasteiger partial charge in [0.1, 0.15) is 11.5 Å². The van der Waals surface area contributed by atoms with Crippen molar-refractivity contribution in [2.75, 3.05) is 17.5 Å². The Labute approximate surface area is 252 Å². The van der Waals surface area contributed by atoms with E-state index in [9.17, 15) is 40.6 Å². The molecule has 236 valence electrons. The van der Waals surface area contributed by atoms with Gasteiger partial charge in [0, 0.05) is 22.6 Å². The van der Waals surface area contributed by atoms with Gasteiger partial charge in [-0.1, -0.05) is 41.4 Å². The summed E-state index contributed by atoms with van der Waals surface area (Å²) in [6.07, 6.45) is -4.81. The molecule has 0 amide bonds. The second-order valence-corrected chi connectivity index (χ2v) is 11.5. The first kappa shape index (κ1) is 35.8. The van der Waals surface area contributed by atoms with Gasteiger partial charge in [-0.2, -0.15) is 22.0 Å². The van der Waals surface area contributed by atoms with E-state index in [1.165, 1.54) is 30.3 Å². The third-order valence-corrected chi connectivity index (χ3v) is 6.40. The van der Waals surface area contributed by atoms with E-state index in [0.29, 0.717) is 22.0 Å². The molecule has 0 saturated heterocycles. The van der Waals surface area contributed by atoms with E-state index in [1.807, 2.05) is 0 Å². The monoisotopic (exact) mass is 674 g/mol. The first-order valence-electron chi connectivity index (χ1n) is 11.9. The summed E-state index contributed by atoms with van der Waals surface area (Å²) in [6.45, 7) is -2.90. The molecule has 3 aromatic rings. The lowest BCUT2D eigenvalue weighted by Gasteiger charge is -2.23. The highest BCUT2D eigenvalue weighted by Gasteiger charge is 2.38. The fourth-order valence-electron chi connectivity index (χ4n) is 3.57. The molecule has 0 bridgehead atoms. The number of anilines is 1. The number of rotatable bonds is 11. The van der Waals surface area contributed by atoms with E-state index >= 15 is 0 Å². The fourth-order valence-corrected chi connectivity index (χ4v) is 4.70. The van der Waals surface area contributed by atoms with Crippen LogP contribution in [0.4, 0.5) is 27.6 Å². The van der Waals surface area contributed by atoms with Crippen LogP contribution in [0.3, 0.4) is 0 Å². The highest BCUT2D eigenvalue weighted by Crippen LogP contribution is 2.29. The number of carbonyl (C=O) groups is 1. The van der Waals surface area contributed by atoms with Crippen molar-refractivity contribution >= 4 is 44.9 Å². The number of benzene rings is 3. The predicted molar refractivity (Wildman–Crippen MR) is 149 cm³/mol. The van der Waals surface area contributed by atoms with Crippen molar-refractivity contribution in [3.63, 3.8) is 0 Å². The molecule has 0 radical (unpaired) electrons. The van der Waals surface area contributed by atoms with E-state index in [0.717, 1.165) is 17.4 Å². The number of phenolic OH excluding ortho intramolecular Hbond substituents is 1. The zero-order valence-electron chi connectivity index (χ0n) is 21.9. The Balaban J connectivity index is 0.000000821. The molecule has 0 aliphatic carbocycles. The van der Waals surface area contributed by atoms with E-state index in [2.05, 4.69) is 14.8 Å². The number of aliphatic hydroxyl groups is 1. The maximum atomic E-state index is 12.5. The van der Waals surface area contributed by atoms with Crippen molar-refractivity contribution in [2.45, 2.75) is 31.4 Å². The van der Waals surface area contributed by atoms with Crippen LogP contribution in [0.15, 0.2) is 60.7 Å². The van der Waals surface area contributed by atoms with Crippen LogP contribution in [0.2, 0.25) is 10.0 Å². The first-order valence-corrected chi connectivity index (χ1v) is 14.5. The topological polar surface area (TPSA) is 145 Å². The molecule has 5 N–H and O–H groups in total. The van der Waals surface area contributed by atoms with Crippen molar-refractivity contribution in [3.8, 4) is 11.5 Å². The standard InChI is InChI=1S/C24H24Cl2F2N2O5S.C2HF3O2/c1-36(33,34)30-21-11-16(4-7-22(21)31)23(32)13-29-20(10-14-8-17(25)12-18(26)9-14)15-2-5-19(6-3-15)35-24(27)28;3-2(4,5)1(6)7/h2-9,11-12,20,23-24,29-32H,10,13H2,1H3;(H,6,7)/t20?,23-;/m0./s1. The third kappa shape index (κ3) is 12.8. The van der Waals surface area contributed by atoms with E-state index < -0.39 is 34.9 Å². The minimum Gasteiger partial charge on any atom is -0.506 e. The number of hydrogen-bond donors (Lipinski definition) is 5. The Hall–Kier alpha value is -3.37. The van der Waals surface area contributed by atoms with E-state index in [1.54, 1.807) is 30.3 Å². The van der Waals surface area contributed by atoms with Crippen molar-refractivity contribution in [3.05, 3.63) is 87.4 Å². The molecule has 0 aliphatic heterocycles. The fraction of sp³-hybridized carbons (Fsp3) is 0.269. The molecule has 0 spiro atoms. The Bertz CT molecular complexity index is 1470. The Morgan fingerprint density at radius 1 is 0.977 bits per heavy atom. The Kier molecular flexibility index (Phi) is 12.8. The number of aromatic hydroxyl groups is 1. The van der Waals surface area contributed by atoms with Crippen molar-refractivity contribution in [1.29, 1.82) is 0 Å². The van der Waals surface area contributed by atoms with Crippen molar-refractivity contribution < 1.29 is 55.2 Å². The summed E-state index contributed by atoms with van der Waals surface area (Å²) < 4.78 is 86.5. The SMILES string of the molecule is CS(=O)(=O)Nc1cc([C@@H](O)CNC(Cc2cc(Cl)cc(Cl)c2)c2ccc(OC(F)F)cc2)ccc1O.O=C(O)C(F)(F)F. The average molecular weight is 675 g/mol. The van der Waals surface area contributed by atoms with Gasteiger partial charge in [-0.3, -0.25) is 4.72 Å². The molecular weight excluding hydrogens is 650 g/mol. The van der Waals surface area contributed by atoms with Gasteiger partial charge in [-0.15, -0.1) is 0 Å². The van der Waals surface area contributed by atoms with Crippen LogP contribution in [-0.4, -0.2) is 55.3 Å². The number of hydrogen-bond acceptors (Lipinski definition) is 7. The number of ether oxygens (including phenoxy) is 1. The molecule has 3 aromatic carbocycles. The van der Waals surface area contributed by atoms with Gasteiger partial charge in [0.05, 0.1) is 18.0 Å². The van der Waals surface area contributed by atoms with Gasteiger partial charge >= 0.3 is 18.8 Å². The van der Waals surface area contributed by atoms with E-state index in [-0.39, 0.29) is 29.8 Å². The molecule has 9 nitrogen and oxygen atoms in total. The normalized spacial score (nSPS) is 13.1. The van der Waals surface area contributed by atoms with Crippen molar-refractivity contribution in [2.24, 2.45) is 0 Å². The lowest BCUT2D eigenvalue weighted by molar-refractivity contribution is -0.192. The molecule has 0 aliphatic rings. The molecule has 2 atom stereocenters. The van der Waals surface area contributed by atoms with Gasteiger partial charge < -0.3 is 25.4 Å². The summed E-state index contributed by atoms with van der Waals surface area (Å²) in [7, 11) is -3.64.